The predicted octanol–water partition coefficient (Wildman–Crippen LogP) is 4.54. The lowest BCUT2D eigenvalue weighted by Crippen LogP contribution is -1.91. The number of fused-ring (bicyclic) bond motifs is 1. The molecule has 112 valence electrons. The van der Waals surface area contributed by atoms with Gasteiger partial charge in [-0.15, -0.1) is 0 Å². The van der Waals surface area contributed by atoms with Gasteiger partial charge in [0.25, 0.3) is 0 Å². The largest absolute Gasteiger partial charge is 0.306 e. The molecule has 3 nitrogen and oxygen atoms in total. The van der Waals surface area contributed by atoms with Gasteiger partial charge in [-0.25, -0.2) is 14.4 Å². The van der Waals surface area contributed by atoms with E-state index in [4.69, 9.17) is 0 Å². The van der Waals surface area contributed by atoms with Crippen molar-refractivity contribution in [2.24, 2.45) is 0 Å². The zero-order valence-corrected chi connectivity index (χ0v) is 12.6. The SMILES string of the molecule is Cc1cn(-c2ccc3nc(-c4ccc(F)cc4)ccc3c2)cn1. The highest BCUT2D eigenvalue weighted by molar-refractivity contribution is 5.83. The van der Waals surface area contributed by atoms with Gasteiger partial charge in [0.05, 0.1) is 23.2 Å². The summed E-state index contributed by atoms with van der Waals surface area (Å²) in [5.74, 6) is -0.241. The Morgan fingerprint density at radius 1 is 0.957 bits per heavy atom. The predicted molar refractivity (Wildman–Crippen MR) is 89.0 cm³/mol. The second-order valence-corrected chi connectivity index (χ2v) is 5.50. The molecule has 0 unspecified atom stereocenters. The molecule has 0 amide bonds. The Bertz CT molecular complexity index is 987. The van der Waals surface area contributed by atoms with E-state index in [-0.39, 0.29) is 5.82 Å². The lowest BCUT2D eigenvalue weighted by Gasteiger charge is -2.06. The number of aromatic nitrogens is 3. The number of imidazole rings is 1. The van der Waals surface area contributed by atoms with E-state index in [0.29, 0.717) is 0 Å². The van der Waals surface area contributed by atoms with Crippen molar-refractivity contribution in [2.45, 2.75) is 6.92 Å². The summed E-state index contributed by atoms with van der Waals surface area (Å²) in [4.78, 5) is 8.92. The minimum atomic E-state index is -0.241. The van der Waals surface area contributed by atoms with Crippen LogP contribution in [0.1, 0.15) is 5.69 Å². The third kappa shape index (κ3) is 2.59. The first kappa shape index (κ1) is 13.6. The summed E-state index contributed by atoms with van der Waals surface area (Å²) in [7, 11) is 0. The van der Waals surface area contributed by atoms with Crippen LogP contribution in [0.2, 0.25) is 0 Å². The third-order valence-corrected chi connectivity index (χ3v) is 3.82. The quantitative estimate of drug-likeness (QED) is 0.544. The topological polar surface area (TPSA) is 30.7 Å². The Hall–Kier alpha value is -3.01. The minimum Gasteiger partial charge on any atom is -0.306 e. The standard InChI is InChI=1S/C19H14FN3/c1-13-11-23(12-21-13)17-7-9-19-15(10-17)4-8-18(22-19)14-2-5-16(20)6-3-14/h2-12H,1H3. The van der Waals surface area contributed by atoms with Crippen LogP contribution >= 0.6 is 0 Å². The molecule has 0 spiro atoms. The lowest BCUT2D eigenvalue weighted by molar-refractivity contribution is 0.628. The Balaban J connectivity index is 1.77. The summed E-state index contributed by atoms with van der Waals surface area (Å²) < 4.78 is 15.0. The van der Waals surface area contributed by atoms with Crippen molar-refractivity contribution in [3.63, 3.8) is 0 Å². The molecule has 2 heterocycles. The van der Waals surface area contributed by atoms with Gasteiger partial charge in [0.2, 0.25) is 0 Å². The minimum absolute atomic E-state index is 0.241. The number of hydrogen-bond acceptors (Lipinski definition) is 2. The van der Waals surface area contributed by atoms with Crippen molar-refractivity contribution >= 4 is 10.9 Å². The van der Waals surface area contributed by atoms with Gasteiger partial charge in [0.1, 0.15) is 5.82 Å². The molecule has 0 radical (unpaired) electrons. The average Bonchev–Trinajstić information content (AvgIpc) is 3.01. The van der Waals surface area contributed by atoms with Crippen molar-refractivity contribution in [1.29, 1.82) is 0 Å². The van der Waals surface area contributed by atoms with Crippen LogP contribution in [0.5, 0.6) is 0 Å². The molecule has 23 heavy (non-hydrogen) atoms. The van der Waals surface area contributed by atoms with Crippen molar-refractivity contribution in [2.75, 3.05) is 0 Å². The van der Waals surface area contributed by atoms with Crippen LogP contribution in [0, 0.1) is 12.7 Å². The van der Waals surface area contributed by atoms with Gasteiger partial charge in [-0.2, -0.15) is 0 Å². The molecule has 0 N–H and O–H groups in total. The zero-order chi connectivity index (χ0) is 15.8. The normalized spacial score (nSPS) is 11.0. The first-order valence-corrected chi connectivity index (χ1v) is 7.37. The number of rotatable bonds is 2. The fraction of sp³-hybridized carbons (Fsp3) is 0.0526. The monoisotopic (exact) mass is 303 g/mol. The molecule has 2 aromatic heterocycles. The fourth-order valence-corrected chi connectivity index (χ4v) is 2.62. The highest BCUT2D eigenvalue weighted by Crippen LogP contribution is 2.23. The molecule has 2 aromatic carbocycles. The van der Waals surface area contributed by atoms with Crippen molar-refractivity contribution in [3.8, 4) is 16.9 Å². The van der Waals surface area contributed by atoms with E-state index in [9.17, 15) is 4.39 Å². The molecule has 0 fully saturated rings. The van der Waals surface area contributed by atoms with E-state index in [2.05, 4.69) is 16.0 Å². The molecule has 0 saturated carbocycles. The fourth-order valence-electron chi connectivity index (χ4n) is 2.62. The van der Waals surface area contributed by atoms with Gasteiger partial charge in [-0.1, -0.05) is 6.07 Å². The molecule has 0 aliphatic rings. The molecule has 0 aliphatic carbocycles. The van der Waals surface area contributed by atoms with Crippen LogP contribution in [-0.2, 0) is 0 Å². The third-order valence-electron chi connectivity index (χ3n) is 3.82. The Morgan fingerprint density at radius 3 is 2.52 bits per heavy atom. The van der Waals surface area contributed by atoms with Crippen LogP contribution in [0.4, 0.5) is 4.39 Å². The van der Waals surface area contributed by atoms with Crippen molar-refractivity contribution < 1.29 is 4.39 Å². The summed E-state index contributed by atoms with van der Waals surface area (Å²) in [5.41, 5.74) is 4.68. The van der Waals surface area contributed by atoms with Gasteiger partial charge in [0.15, 0.2) is 0 Å². The number of pyridine rings is 1. The number of halogens is 1. The smallest absolute Gasteiger partial charge is 0.123 e. The van der Waals surface area contributed by atoms with Gasteiger partial charge in [-0.05, 0) is 55.5 Å². The molecule has 0 aliphatic heterocycles. The Kier molecular flexibility index (Phi) is 3.15. The Labute approximate surface area is 133 Å². The first-order chi connectivity index (χ1) is 11.2. The van der Waals surface area contributed by atoms with E-state index >= 15 is 0 Å². The molecule has 0 bridgehead atoms. The number of aryl methyl sites for hydroxylation is 1. The molecule has 4 rings (SSSR count). The first-order valence-electron chi connectivity index (χ1n) is 7.37. The molecule has 4 aromatic rings. The van der Waals surface area contributed by atoms with Gasteiger partial charge >= 0.3 is 0 Å². The van der Waals surface area contributed by atoms with Crippen molar-refractivity contribution in [3.05, 3.63) is 78.6 Å². The van der Waals surface area contributed by atoms with Crippen LogP contribution in [0.3, 0.4) is 0 Å². The van der Waals surface area contributed by atoms with Crippen LogP contribution in [-0.4, -0.2) is 14.5 Å². The highest BCUT2D eigenvalue weighted by Gasteiger charge is 2.04. The summed E-state index contributed by atoms with van der Waals surface area (Å²) >= 11 is 0. The summed E-state index contributed by atoms with van der Waals surface area (Å²) in [6.45, 7) is 1.97. The van der Waals surface area contributed by atoms with Crippen LogP contribution in [0.25, 0.3) is 27.8 Å². The van der Waals surface area contributed by atoms with E-state index in [0.717, 1.165) is 33.5 Å². The molecule has 0 atom stereocenters. The van der Waals surface area contributed by atoms with Gasteiger partial charge in [-0.3, -0.25) is 0 Å². The summed E-state index contributed by atoms with van der Waals surface area (Å²) in [6, 6.07) is 16.5. The van der Waals surface area contributed by atoms with E-state index in [1.165, 1.54) is 12.1 Å². The molecule has 4 heteroatoms. The second-order valence-electron chi connectivity index (χ2n) is 5.50. The summed E-state index contributed by atoms with van der Waals surface area (Å²) in [6.07, 6.45) is 3.79. The summed E-state index contributed by atoms with van der Waals surface area (Å²) in [5, 5.41) is 1.06. The Morgan fingerprint density at radius 2 is 1.78 bits per heavy atom. The second kappa shape index (κ2) is 5.32. The van der Waals surface area contributed by atoms with Gasteiger partial charge in [0, 0.05) is 22.8 Å². The molecular formula is C19H14FN3. The molecular weight excluding hydrogens is 289 g/mol. The maximum absolute atomic E-state index is 13.0. The maximum atomic E-state index is 13.0. The van der Waals surface area contributed by atoms with Crippen LogP contribution < -0.4 is 0 Å². The zero-order valence-electron chi connectivity index (χ0n) is 12.6. The van der Waals surface area contributed by atoms with E-state index < -0.39 is 0 Å². The van der Waals surface area contributed by atoms with Crippen molar-refractivity contribution in [1.82, 2.24) is 14.5 Å². The van der Waals surface area contributed by atoms with Crippen LogP contribution in [0.15, 0.2) is 67.1 Å². The number of nitrogens with zero attached hydrogens (tertiary/aromatic N) is 3. The maximum Gasteiger partial charge on any atom is 0.123 e. The van der Waals surface area contributed by atoms with Gasteiger partial charge < -0.3 is 4.57 Å². The number of benzene rings is 2. The average molecular weight is 303 g/mol. The van der Waals surface area contributed by atoms with E-state index in [1.807, 2.05) is 42.0 Å². The molecule has 0 saturated heterocycles. The highest BCUT2D eigenvalue weighted by atomic mass is 19.1. The number of hydrogen-bond donors (Lipinski definition) is 0. The van der Waals surface area contributed by atoms with E-state index in [1.54, 1.807) is 18.5 Å². The lowest BCUT2D eigenvalue weighted by atomic mass is 10.1.